The molecule has 0 heterocycles. The van der Waals surface area contributed by atoms with Crippen molar-refractivity contribution in [1.29, 1.82) is 0 Å². The molecule has 1 radical (unpaired) electrons. The Labute approximate surface area is 61.6 Å². The predicted octanol–water partition coefficient (Wildman–Crippen LogP) is 2.11. The van der Waals surface area contributed by atoms with Crippen molar-refractivity contribution in [3.8, 4) is 5.75 Å². The highest BCUT2D eigenvalue weighted by molar-refractivity contribution is 5.38. The van der Waals surface area contributed by atoms with Gasteiger partial charge < -0.3 is 4.74 Å². The van der Waals surface area contributed by atoms with Crippen LogP contribution >= 0.6 is 0 Å². The molecule has 0 saturated heterocycles. The van der Waals surface area contributed by atoms with Crippen LogP contribution in [0.5, 0.6) is 5.75 Å². The van der Waals surface area contributed by atoms with Gasteiger partial charge in [0.15, 0.2) is 0 Å². The molecule has 0 aromatic heterocycles. The van der Waals surface area contributed by atoms with E-state index in [-0.39, 0.29) is 0 Å². The topological polar surface area (TPSA) is 9.23 Å². The second kappa shape index (κ2) is 2.74. The zero-order chi connectivity index (χ0) is 7.56. The summed E-state index contributed by atoms with van der Waals surface area (Å²) in [4.78, 5) is 0. The lowest BCUT2D eigenvalue weighted by molar-refractivity contribution is 0.408. The van der Waals surface area contributed by atoms with E-state index in [2.05, 4.69) is 6.07 Å². The fourth-order valence-electron chi connectivity index (χ4n) is 1.04. The number of aryl methyl sites for hydroxylation is 2. The smallest absolute Gasteiger partial charge is 0.125 e. The maximum Gasteiger partial charge on any atom is 0.125 e. The lowest BCUT2D eigenvalue weighted by Gasteiger charge is -2.05. The van der Waals surface area contributed by atoms with E-state index in [9.17, 15) is 0 Å². The summed E-state index contributed by atoms with van der Waals surface area (Å²) in [5.74, 6) is 0.947. The van der Waals surface area contributed by atoms with E-state index >= 15 is 0 Å². The van der Waals surface area contributed by atoms with Crippen molar-refractivity contribution in [3.05, 3.63) is 29.3 Å². The molecule has 0 amide bonds. The minimum Gasteiger partial charge on any atom is -0.496 e. The van der Waals surface area contributed by atoms with Crippen LogP contribution in [-0.4, -0.2) is 7.11 Å². The Bertz CT molecular complexity index is 208. The summed E-state index contributed by atoms with van der Waals surface area (Å²) < 4.78 is 5.14. The summed E-state index contributed by atoms with van der Waals surface area (Å²) >= 11 is 0. The number of hydrogen-bond acceptors (Lipinski definition) is 1. The van der Waals surface area contributed by atoms with Gasteiger partial charge in [-0.2, -0.15) is 0 Å². The summed E-state index contributed by atoms with van der Waals surface area (Å²) in [6.45, 7) is 4.02. The van der Waals surface area contributed by atoms with Crippen molar-refractivity contribution < 1.29 is 4.74 Å². The average Bonchev–Trinajstić information content (AvgIpc) is 1.88. The minimum atomic E-state index is 0.947. The van der Waals surface area contributed by atoms with Gasteiger partial charge >= 0.3 is 0 Å². The first kappa shape index (κ1) is 7.13. The van der Waals surface area contributed by atoms with Crippen LogP contribution in [0.4, 0.5) is 0 Å². The highest BCUT2D eigenvalue weighted by atomic mass is 16.5. The van der Waals surface area contributed by atoms with Crippen molar-refractivity contribution in [3.63, 3.8) is 0 Å². The molecule has 1 rings (SSSR count). The fraction of sp³-hybridized carbons (Fsp3) is 0.333. The Hall–Kier alpha value is -0.980. The Morgan fingerprint density at radius 3 is 2.50 bits per heavy atom. The van der Waals surface area contributed by atoms with Crippen LogP contribution in [0.2, 0.25) is 0 Å². The molecule has 53 valence electrons. The molecule has 1 nitrogen and oxygen atoms in total. The lowest BCUT2D eigenvalue weighted by atomic mass is 10.1. The number of ether oxygens (including phenoxy) is 1. The molecule has 0 aliphatic rings. The van der Waals surface area contributed by atoms with Gasteiger partial charge in [0.2, 0.25) is 0 Å². The van der Waals surface area contributed by atoms with Gasteiger partial charge in [-0.05, 0) is 31.0 Å². The van der Waals surface area contributed by atoms with Crippen molar-refractivity contribution in [2.24, 2.45) is 0 Å². The monoisotopic (exact) mass is 135 g/mol. The highest BCUT2D eigenvalue weighted by Crippen LogP contribution is 2.20. The largest absolute Gasteiger partial charge is 0.496 e. The molecule has 0 atom stereocenters. The standard InChI is InChI=1S/C9H11O/c1-7-5-4-6-8(2)9(7)10-3/h4-5H,1-3H3. The van der Waals surface area contributed by atoms with Crippen LogP contribution in [0.15, 0.2) is 12.1 Å². The van der Waals surface area contributed by atoms with Crippen molar-refractivity contribution in [1.82, 2.24) is 0 Å². The van der Waals surface area contributed by atoms with E-state index in [0.29, 0.717) is 0 Å². The lowest BCUT2D eigenvalue weighted by Crippen LogP contribution is -1.89. The van der Waals surface area contributed by atoms with Crippen LogP contribution in [0.25, 0.3) is 0 Å². The van der Waals surface area contributed by atoms with Crippen molar-refractivity contribution in [2.45, 2.75) is 13.8 Å². The second-order valence-electron chi connectivity index (χ2n) is 2.32. The molecule has 1 aromatic carbocycles. The Kier molecular flexibility index (Phi) is 1.95. The van der Waals surface area contributed by atoms with Gasteiger partial charge in [-0.15, -0.1) is 0 Å². The molecule has 0 spiro atoms. The zero-order valence-electron chi connectivity index (χ0n) is 6.56. The van der Waals surface area contributed by atoms with Crippen LogP contribution in [0.1, 0.15) is 11.1 Å². The Balaban J connectivity index is 3.17. The van der Waals surface area contributed by atoms with Gasteiger partial charge in [-0.1, -0.05) is 12.1 Å². The van der Waals surface area contributed by atoms with E-state index in [1.165, 1.54) is 5.56 Å². The molecule has 0 aliphatic heterocycles. The van der Waals surface area contributed by atoms with Gasteiger partial charge in [0.05, 0.1) is 7.11 Å². The molecule has 1 heteroatoms. The van der Waals surface area contributed by atoms with Gasteiger partial charge in [-0.3, -0.25) is 0 Å². The first-order chi connectivity index (χ1) is 4.75. The van der Waals surface area contributed by atoms with Gasteiger partial charge in [0.1, 0.15) is 5.75 Å². The van der Waals surface area contributed by atoms with Crippen LogP contribution < -0.4 is 4.74 Å². The number of hydrogen-bond donors (Lipinski definition) is 0. The maximum absolute atomic E-state index is 5.14. The van der Waals surface area contributed by atoms with Crippen LogP contribution in [0.3, 0.4) is 0 Å². The van der Waals surface area contributed by atoms with E-state index in [1.807, 2.05) is 26.0 Å². The molecular formula is C9H11O. The number of benzene rings is 1. The Morgan fingerprint density at radius 2 is 2.10 bits per heavy atom. The first-order valence-electron chi connectivity index (χ1n) is 3.27. The van der Waals surface area contributed by atoms with E-state index < -0.39 is 0 Å². The molecule has 0 aliphatic carbocycles. The second-order valence-corrected chi connectivity index (χ2v) is 2.32. The number of rotatable bonds is 1. The Morgan fingerprint density at radius 1 is 1.40 bits per heavy atom. The van der Waals surface area contributed by atoms with Crippen LogP contribution in [-0.2, 0) is 0 Å². The van der Waals surface area contributed by atoms with Crippen molar-refractivity contribution in [2.75, 3.05) is 7.11 Å². The zero-order valence-corrected chi connectivity index (χ0v) is 6.56. The van der Waals surface area contributed by atoms with E-state index in [1.54, 1.807) is 7.11 Å². The number of methoxy groups -OCH3 is 1. The third kappa shape index (κ3) is 1.13. The molecular weight excluding hydrogens is 124 g/mol. The van der Waals surface area contributed by atoms with Crippen molar-refractivity contribution >= 4 is 0 Å². The molecule has 0 unspecified atom stereocenters. The minimum absolute atomic E-state index is 0.947. The molecule has 0 N–H and O–H groups in total. The summed E-state index contributed by atoms with van der Waals surface area (Å²) in [5, 5.41) is 0. The molecule has 10 heavy (non-hydrogen) atoms. The summed E-state index contributed by atoms with van der Waals surface area (Å²) in [6.07, 6.45) is 0. The predicted molar refractivity (Wildman–Crippen MR) is 41.3 cm³/mol. The summed E-state index contributed by atoms with van der Waals surface area (Å²) in [5.41, 5.74) is 2.24. The summed E-state index contributed by atoms with van der Waals surface area (Å²) in [7, 11) is 1.68. The van der Waals surface area contributed by atoms with E-state index in [0.717, 1.165) is 11.3 Å². The molecule has 0 bridgehead atoms. The average molecular weight is 135 g/mol. The first-order valence-corrected chi connectivity index (χ1v) is 3.27. The van der Waals surface area contributed by atoms with Gasteiger partial charge in [0.25, 0.3) is 0 Å². The molecule has 0 saturated carbocycles. The van der Waals surface area contributed by atoms with Crippen LogP contribution in [0, 0.1) is 19.9 Å². The maximum atomic E-state index is 5.14. The third-order valence-corrected chi connectivity index (χ3v) is 1.54. The van der Waals surface area contributed by atoms with Gasteiger partial charge in [-0.25, -0.2) is 0 Å². The fourth-order valence-corrected chi connectivity index (χ4v) is 1.04. The summed E-state index contributed by atoms with van der Waals surface area (Å²) in [6, 6.07) is 6.97. The highest BCUT2D eigenvalue weighted by Gasteiger charge is 1.98. The quantitative estimate of drug-likeness (QED) is 0.573. The normalized spacial score (nSPS) is 9.50. The molecule has 0 fully saturated rings. The molecule has 1 aromatic rings. The third-order valence-electron chi connectivity index (χ3n) is 1.54. The van der Waals surface area contributed by atoms with Gasteiger partial charge in [0, 0.05) is 0 Å². The van der Waals surface area contributed by atoms with E-state index in [4.69, 9.17) is 4.74 Å². The SMILES string of the molecule is COc1c(C)[c]ccc1C.